The van der Waals surface area contributed by atoms with Gasteiger partial charge in [-0.05, 0) is 36.6 Å². The van der Waals surface area contributed by atoms with E-state index in [1.54, 1.807) is 0 Å². The van der Waals surface area contributed by atoms with Gasteiger partial charge in [0.15, 0.2) is 0 Å². The first-order valence-corrected chi connectivity index (χ1v) is 6.78. The molecule has 1 aliphatic heterocycles. The second kappa shape index (κ2) is 5.52. The van der Waals surface area contributed by atoms with Crippen LogP contribution in [-0.2, 0) is 16.0 Å². The Labute approximate surface area is 114 Å². The molecule has 0 spiro atoms. The van der Waals surface area contributed by atoms with Gasteiger partial charge in [0.05, 0.1) is 0 Å². The number of nitrogens with one attached hydrogen (secondary N) is 2. The number of hydrogen-bond donors (Lipinski definition) is 2. The van der Waals surface area contributed by atoms with Crippen LogP contribution in [0.3, 0.4) is 0 Å². The SMILES string of the molecule is CCc1cc(Br)ccc1NC(=O)[C@H]1CCC(=O)N1. The van der Waals surface area contributed by atoms with Gasteiger partial charge in [-0.25, -0.2) is 0 Å². The van der Waals surface area contributed by atoms with E-state index in [1.807, 2.05) is 25.1 Å². The fourth-order valence-electron chi connectivity index (χ4n) is 2.01. The van der Waals surface area contributed by atoms with E-state index in [0.29, 0.717) is 12.8 Å². The van der Waals surface area contributed by atoms with Gasteiger partial charge in [0.2, 0.25) is 11.8 Å². The molecule has 1 aromatic rings. The number of benzene rings is 1. The van der Waals surface area contributed by atoms with Gasteiger partial charge in [0.1, 0.15) is 6.04 Å². The number of halogens is 1. The molecule has 0 aromatic heterocycles. The summed E-state index contributed by atoms with van der Waals surface area (Å²) in [6, 6.07) is 5.36. The number of hydrogen-bond acceptors (Lipinski definition) is 2. The number of carbonyl (C=O) groups excluding carboxylic acids is 2. The molecule has 0 saturated carbocycles. The summed E-state index contributed by atoms with van der Waals surface area (Å²) in [5.74, 6) is -0.195. The van der Waals surface area contributed by atoms with E-state index in [9.17, 15) is 9.59 Å². The zero-order chi connectivity index (χ0) is 13.1. The largest absolute Gasteiger partial charge is 0.344 e. The van der Waals surface area contributed by atoms with E-state index in [-0.39, 0.29) is 11.8 Å². The van der Waals surface area contributed by atoms with E-state index in [2.05, 4.69) is 26.6 Å². The lowest BCUT2D eigenvalue weighted by molar-refractivity contribution is -0.122. The first kappa shape index (κ1) is 13.1. The minimum absolute atomic E-state index is 0.0540. The smallest absolute Gasteiger partial charge is 0.246 e. The van der Waals surface area contributed by atoms with Crippen molar-refractivity contribution in [3.8, 4) is 0 Å². The van der Waals surface area contributed by atoms with Gasteiger partial charge >= 0.3 is 0 Å². The molecule has 4 nitrogen and oxygen atoms in total. The Balaban J connectivity index is 2.09. The molecule has 0 unspecified atom stereocenters. The second-order valence-electron chi connectivity index (χ2n) is 4.30. The van der Waals surface area contributed by atoms with E-state index in [0.717, 1.165) is 22.1 Å². The summed E-state index contributed by atoms with van der Waals surface area (Å²) in [7, 11) is 0. The average Bonchev–Trinajstić information content (AvgIpc) is 2.78. The minimum atomic E-state index is -0.397. The van der Waals surface area contributed by atoms with Crippen molar-refractivity contribution in [1.29, 1.82) is 0 Å². The van der Waals surface area contributed by atoms with Crippen LogP contribution in [0.2, 0.25) is 0 Å². The molecule has 1 heterocycles. The summed E-state index contributed by atoms with van der Waals surface area (Å²) >= 11 is 3.41. The maximum Gasteiger partial charge on any atom is 0.246 e. The molecule has 0 aliphatic carbocycles. The van der Waals surface area contributed by atoms with Crippen LogP contribution in [0.15, 0.2) is 22.7 Å². The van der Waals surface area contributed by atoms with E-state index in [4.69, 9.17) is 0 Å². The molecule has 18 heavy (non-hydrogen) atoms. The summed E-state index contributed by atoms with van der Waals surface area (Å²) in [5.41, 5.74) is 1.88. The molecule has 0 radical (unpaired) electrons. The highest BCUT2D eigenvalue weighted by Gasteiger charge is 2.27. The number of amides is 2. The lowest BCUT2D eigenvalue weighted by Gasteiger charge is -2.14. The van der Waals surface area contributed by atoms with Gasteiger partial charge in [-0.1, -0.05) is 22.9 Å². The summed E-state index contributed by atoms with van der Waals surface area (Å²) in [6.45, 7) is 2.04. The van der Waals surface area contributed by atoms with Gasteiger partial charge in [0.25, 0.3) is 0 Å². The summed E-state index contributed by atoms with van der Waals surface area (Å²) in [6.07, 6.45) is 1.84. The van der Waals surface area contributed by atoms with Gasteiger partial charge < -0.3 is 10.6 Å². The van der Waals surface area contributed by atoms with Crippen LogP contribution < -0.4 is 10.6 Å². The minimum Gasteiger partial charge on any atom is -0.344 e. The quantitative estimate of drug-likeness (QED) is 0.899. The maximum absolute atomic E-state index is 12.0. The molecular weight excluding hydrogens is 296 g/mol. The number of rotatable bonds is 3. The molecule has 1 saturated heterocycles. The second-order valence-corrected chi connectivity index (χ2v) is 5.22. The standard InChI is InChI=1S/C13H15BrN2O2/c1-2-8-7-9(14)3-4-10(8)16-13(18)11-5-6-12(17)15-11/h3-4,7,11H,2,5-6H2,1H3,(H,15,17)(H,16,18)/t11-/m1/s1. The number of anilines is 1. The van der Waals surface area contributed by atoms with Crippen LogP contribution in [0.25, 0.3) is 0 Å². The molecular formula is C13H15BrN2O2. The number of aryl methyl sites for hydroxylation is 1. The summed E-state index contributed by atoms with van der Waals surface area (Å²) in [5, 5.41) is 5.54. The predicted octanol–water partition coefficient (Wildman–Crippen LogP) is 2.23. The zero-order valence-corrected chi connectivity index (χ0v) is 11.7. The summed E-state index contributed by atoms with van der Waals surface area (Å²) in [4.78, 5) is 23.1. The molecule has 1 aromatic carbocycles. The Morgan fingerprint density at radius 1 is 1.56 bits per heavy atom. The fourth-order valence-corrected chi connectivity index (χ4v) is 2.42. The van der Waals surface area contributed by atoms with Crippen LogP contribution in [0.1, 0.15) is 25.3 Å². The highest BCUT2D eigenvalue weighted by Crippen LogP contribution is 2.22. The van der Waals surface area contributed by atoms with E-state index >= 15 is 0 Å². The van der Waals surface area contributed by atoms with Crippen molar-refractivity contribution >= 4 is 33.4 Å². The van der Waals surface area contributed by atoms with Crippen molar-refractivity contribution in [3.63, 3.8) is 0 Å². The predicted molar refractivity (Wildman–Crippen MR) is 73.3 cm³/mol. The normalized spacial score (nSPS) is 18.6. The molecule has 1 atom stereocenters. The molecule has 5 heteroatoms. The topological polar surface area (TPSA) is 58.2 Å². The number of carbonyl (C=O) groups is 2. The Bertz CT molecular complexity index is 488. The molecule has 0 bridgehead atoms. The van der Waals surface area contributed by atoms with Crippen LogP contribution in [0.4, 0.5) is 5.69 Å². The molecule has 96 valence electrons. The third kappa shape index (κ3) is 2.90. The fraction of sp³-hybridized carbons (Fsp3) is 0.385. The van der Waals surface area contributed by atoms with E-state index < -0.39 is 6.04 Å². The van der Waals surface area contributed by atoms with Crippen molar-refractivity contribution in [2.24, 2.45) is 0 Å². The molecule has 2 rings (SSSR count). The van der Waals surface area contributed by atoms with Crippen molar-refractivity contribution in [2.75, 3.05) is 5.32 Å². The van der Waals surface area contributed by atoms with Gasteiger partial charge in [-0.15, -0.1) is 0 Å². The Kier molecular flexibility index (Phi) is 4.01. The molecule has 1 fully saturated rings. The van der Waals surface area contributed by atoms with Crippen molar-refractivity contribution in [2.45, 2.75) is 32.2 Å². The van der Waals surface area contributed by atoms with Gasteiger partial charge in [0, 0.05) is 16.6 Å². The van der Waals surface area contributed by atoms with Gasteiger partial charge in [-0.3, -0.25) is 9.59 Å². The monoisotopic (exact) mass is 310 g/mol. The van der Waals surface area contributed by atoms with Crippen LogP contribution in [0, 0.1) is 0 Å². The first-order chi connectivity index (χ1) is 8.60. The lowest BCUT2D eigenvalue weighted by atomic mass is 10.1. The lowest BCUT2D eigenvalue weighted by Crippen LogP contribution is -2.37. The van der Waals surface area contributed by atoms with Crippen LogP contribution in [0.5, 0.6) is 0 Å². The highest BCUT2D eigenvalue weighted by molar-refractivity contribution is 9.10. The Morgan fingerprint density at radius 3 is 2.94 bits per heavy atom. The Morgan fingerprint density at radius 2 is 2.33 bits per heavy atom. The van der Waals surface area contributed by atoms with E-state index in [1.165, 1.54) is 0 Å². The van der Waals surface area contributed by atoms with Crippen molar-refractivity contribution in [1.82, 2.24) is 5.32 Å². The molecule has 1 aliphatic rings. The Hall–Kier alpha value is -1.36. The molecule has 2 amide bonds. The summed E-state index contributed by atoms with van der Waals surface area (Å²) < 4.78 is 0.992. The van der Waals surface area contributed by atoms with Crippen LogP contribution in [-0.4, -0.2) is 17.9 Å². The third-order valence-electron chi connectivity index (χ3n) is 3.02. The third-order valence-corrected chi connectivity index (χ3v) is 3.51. The van der Waals surface area contributed by atoms with Crippen molar-refractivity contribution in [3.05, 3.63) is 28.2 Å². The maximum atomic E-state index is 12.0. The average molecular weight is 311 g/mol. The zero-order valence-electron chi connectivity index (χ0n) is 10.1. The molecule has 2 N–H and O–H groups in total. The van der Waals surface area contributed by atoms with Crippen molar-refractivity contribution < 1.29 is 9.59 Å². The van der Waals surface area contributed by atoms with Gasteiger partial charge in [-0.2, -0.15) is 0 Å². The highest BCUT2D eigenvalue weighted by atomic mass is 79.9. The first-order valence-electron chi connectivity index (χ1n) is 5.99. The van der Waals surface area contributed by atoms with Crippen LogP contribution >= 0.6 is 15.9 Å².